The van der Waals surface area contributed by atoms with E-state index in [0.29, 0.717) is 24.9 Å². The lowest BCUT2D eigenvalue weighted by Crippen LogP contribution is -2.42. The Kier molecular flexibility index (Phi) is 8.75. The molecular weight excluding hydrogens is 378 g/mol. The van der Waals surface area contributed by atoms with Crippen LogP contribution in [-0.2, 0) is 16.0 Å². The number of aryl methyl sites for hydroxylation is 1. The number of likely N-dealkylation sites (tertiary alicyclic amines) is 1. The summed E-state index contributed by atoms with van der Waals surface area (Å²) in [5.74, 6) is 0.254. The molecule has 168 valence electrons. The van der Waals surface area contributed by atoms with Crippen LogP contribution in [0, 0.1) is 24.7 Å². The number of nitrogens with zero attached hydrogens (tertiary/aromatic N) is 1. The molecule has 0 spiro atoms. The third-order valence-electron chi connectivity index (χ3n) is 6.27. The number of piperidine rings is 1. The van der Waals surface area contributed by atoms with Gasteiger partial charge < -0.3 is 14.7 Å². The van der Waals surface area contributed by atoms with Crippen LogP contribution in [0.2, 0.25) is 0 Å². The molecule has 1 aliphatic rings. The molecule has 1 aliphatic heterocycles. The monoisotopic (exact) mass is 417 g/mol. The minimum absolute atomic E-state index is 0.158. The quantitative estimate of drug-likeness (QED) is 0.590. The molecule has 2 rings (SSSR count). The van der Waals surface area contributed by atoms with Gasteiger partial charge >= 0.3 is 12.1 Å². The van der Waals surface area contributed by atoms with Crippen molar-refractivity contribution >= 4 is 12.1 Å². The van der Waals surface area contributed by atoms with E-state index in [9.17, 15) is 14.7 Å². The Bertz CT molecular complexity index is 701. The number of carbonyl (C=O) groups excluding carboxylic acids is 1. The smallest absolute Gasteiger partial charge is 0.410 e. The second-order valence-electron chi connectivity index (χ2n) is 9.80. The molecule has 1 aromatic carbocycles. The highest BCUT2D eigenvalue weighted by molar-refractivity contribution is 5.68. The number of benzene rings is 1. The Morgan fingerprint density at radius 3 is 2.33 bits per heavy atom. The standard InChI is InChI=1S/C25H39NO4/c1-6-20(16-21-10-8-7-9-18(21)2)22(17-23(27)28)15-19-11-13-26(14-12-19)24(29)30-25(3,4)5/h7-10,19-20,22H,6,11-17H2,1-5H3,(H,27,28). The van der Waals surface area contributed by atoms with Crippen LogP contribution in [0.5, 0.6) is 0 Å². The Balaban J connectivity index is 1.98. The second kappa shape index (κ2) is 10.8. The molecule has 0 saturated carbocycles. The number of rotatable bonds is 8. The number of hydrogen-bond acceptors (Lipinski definition) is 3. The van der Waals surface area contributed by atoms with Gasteiger partial charge in [0.1, 0.15) is 5.60 Å². The van der Waals surface area contributed by atoms with Crippen molar-refractivity contribution in [3.63, 3.8) is 0 Å². The number of hydrogen-bond donors (Lipinski definition) is 1. The van der Waals surface area contributed by atoms with Crippen LogP contribution in [-0.4, -0.2) is 40.8 Å². The van der Waals surface area contributed by atoms with Gasteiger partial charge in [0.05, 0.1) is 0 Å². The van der Waals surface area contributed by atoms with Crippen LogP contribution in [0.25, 0.3) is 0 Å². The Hall–Kier alpha value is -2.04. The first-order valence-corrected chi connectivity index (χ1v) is 11.3. The van der Waals surface area contributed by atoms with Crippen molar-refractivity contribution in [2.45, 2.75) is 78.7 Å². The van der Waals surface area contributed by atoms with Crippen molar-refractivity contribution in [3.05, 3.63) is 35.4 Å². The van der Waals surface area contributed by atoms with Crippen LogP contribution >= 0.6 is 0 Å². The van der Waals surface area contributed by atoms with Gasteiger partial charge in [-0.3, -0.25) is 4.79 Å². The molecule has 2 atom stereocenters. The fourth-order valence-corrected chi connectivity index (χ4v) is 4.54. The first kappa shape index (κ1) is 24.2. The van der Waals surface area contributed by atoms with Gasteiger partial charge in [-0.2, -0.15) is 0 Å². The largest absolute Gasteiger partial charge is 0.481 e. The Labute approximate surface area is 181 Å². The third kappa shape index (κ3) is 7.66. The van der Waals surface area contributed by atoms with Gasteiger partial charge in [0.15, 0.2) is 0 Å². The molecule has 1 aromatic rings. The first-order chi connectivity index (χ1) is 14.1. The topological polar surface area (TPSA) is 66.8 Å². The highest BCUT2D eigenvalue weighted by atomic mass is 16.6. The number of carboxylic acids is 1. The van der Waals surface area contributed by atoms with Gasteiger partial charge in [-0.1, -0.05) is 37.6 Å². The van der Waals surface area contributed by atoms with Crippen molar-refractivity contribution in [2.24, 2.45) is 17.8 Å². The summed E-state index contributed by atoms with van der Waals surface area (Å²) in [4.78, 5) is 25.7. The van der Waals surface area contributed by atoms with Gasteiger partial charge in [0.25, 0.3) is 0 Å². The molecule has 0 aliphatic carbocycles. The minimum atomic E-state index is -0.713. The summed E-state index contributed by atoms with van der Waals surface area (Å²) in [7, 11) is 0. The molecular formula is C25H39NO4. The van der Waals surface area contributed by atoms with Gasteiger partial charge in [-0.15, -0.1) is 0 Å². The van der Waals surface area contributed by atoms with Gasteiger partial charge in [-0.25, -0.2) is 4.79 Å². The maximum atomic E-state index is 12.3. The first-order valence-electron chi connectivity index (χ1n) is 11.3. The number of amides is 1. The fourth-order valence-electron chi connectivity index (χ4n) is 4.54. The van der Waals surface area contributed by atoms with Crippen molar-refractivity contribution < 1.29 is 19.4 Å². The van der Waals surface area contributed by atoms with Crippen molar-refractivity contribution in [1.29, 1.82) is 0 Å². The summed E-state index contributed by atoms with van der Waals surface area (Å²) < 4.78 is 5.49. The summed E-state index contributed by atoms with van der Waals surface area (Å²) in [5.41, 5.74) is 2.11. The van der Waals surface area contributed by atoms with Crippen molar-refractivity contribution in [1.82, 2.24) is 4.90 Å². The molecule has 30 heavy (non-hydrogen) atoms. The highest BCUT2D eigenvalue weighted by Gasteiger charge is 2.31. The van der Waals surface area contributed by atoms with E-state index in [2.05, 4.69) is 32.0 Å². The van der Waals surface area contributed by atoms with E-state index in [-0.39, 0.29) is 18.4 Å². The molecule has 1 fully saturated rings. The van der Waals surface area contributed by atoms with Crippen molar-refractivity contribution in [2.75, 3.05) is 13.1 Å². The maximum Gasteiger partial charge on any atom is 0.410 e. The summed E-state index contributed by atoms with van der Waals surface area (Å²) in [6, 6.07) is 8.40. The Morgan fingerprint density at radius 1 is 1.17 bits per heavy atom. The van der Waals surface area contributed by atoms with E-state index in [1.165, 1.54) is 11.1 Å². The molecule has 5 heteroatoms. The van der Waals surface area contributed by atoms with Crippen LogP contribution in [0.4, 0.5) is 4.79 Å². The third-order valence-corrected chi connectivity index (χ3v) is 6.27. The summed E-state index contributed by atoms with van der Waals surface area (Å²) in [6.45, 7) is 11.3. The van der Waals surface area contributed by atoms with Crippen LogP contribution in [0.1, 0.15) is 70.9 Å². The zero-order chi connectivity index (χ0) is 22.3. The zero-order valence-corrected chi connectivity index (χ0v) is 19.3. The van der Waals surface area contributed by atoms with E-state index in [1.54, 1.807) is 4.90 Å². The zero-order valence-electron chi connectivity index (χ0n) is 19.3. The normalized spacial score (nSPS) is 17.4. The van der Waals surface area contributed by atoms with Crippen LogP contribution in [0.15, 0.2) is 24.3 Å². The van der Waals surface area contributed by atoms with Crippen molar-refractivity contribution in [3.8, 4) is 0 Å². The van der Waals surface area contributed by atoms with E-state index in [1.807, 2.05) is 26.8 Å². The summed E-state index contributed by atoms with van der Waals surface area (Å²) >= 11 is 0. The molecule has 2 unspecified atom stereocenters. The fraction of sp³-hybridized carbons (Fsp3) is 0.680. The molecule has 1 amide bonds. The molecule has 0 aromatic heterocycles. The lowest BCUT2D eigenvalue weighted by atomic mass is 9.75. The predicted molar refractivity (Wildman–Crippen MR) is 120 cm³/mol. The summed E-state index contributed by atoms with van der Waals surface area (Å²) in [6.07, 6.45) is 4.62. The number of ether oxygens (including phenoxy) is 1. The molecule has 1 N–H and O–H groups in total. The molecule has 5 nitrogen and oxygen atoms in total. The van der Waals surface area contributed by atoms with Crippen LogP contribution < -0.4 is 0 Å². The van der Waals surface area contributed by atoms with Gasteiger partial charge in [-0.05, 0) is 82.3 Å². The Morgan fingerprint density at radius 2 is 1.80 bits per heavy atom. The minimum Gasteiger partial charge on any atom is -0.481 e. The highest BCUT2D eigenvalue weighted by Crippen LogP contribution is 2.34. The molecule has 0 radical (unpaired) electrons. The van der Waals surface area contributed by atoms with E-state index >= 15 is 0 Å². The van der Waals surface area contributed by atoms with E-state index in [0.717, 1.165) is 32.1 Å². The molecule has 1 saturated heterocycles. The summed E-state index contributed by atoms with van der Waals surface area (Å²) in [5, 5.41) is 9.53. The molecule has 0 bridgehead atoms. The van der Waals surface area contributed by atoms with Crippen LogP contribution in [0.3, 0.4) is 0 Å². The number of carbonyl (C=O) groups is 2. The average Bonchev–Trinajstić information content (AvgIpc) is 2.65. The maximum absolute atomic E-state index is 12.3. The lowest BCUT2D eigenvalue weighted by molar-refractivity contribution is -0.138. The second-order valence-corrected chi connectivity index (χ2v) is 9.80. The number of carboxylic acid groups (broad SMARTS) is 1. The van der Waals surface area contributed by atoms with E-state index < -0.39 is 11.6 Å². The molecule has 1 heterocycles. The predicted octanol–water partition coefficient (Wildman–Crippen LogP) is 5.69. The lowest BCUT2D eigenvalue weighted by Gasteiger charge is -2.36. The number of aliphatic carboxylic acids is 1. The average molecular weight is 418 g/mol. The van der Waals surface area contributed by atoms with Gasteiger partial charge in [0, 0.05) is 19.5 Å². The van der Waals surface area contributed by atoms with E-state index in [4.69, 9.17) is 4.74 Å². The SMILES string of the molecule is CCC(Cc1ccccc1C)C(CC(=O)O)CC1CCN(C(=O)OC(C)(C)C)CC1. The van der Waals surface area contributed by atoms with Gasteiger partial charge in [0.2, 0.25) is 0 Å².